The molecule has 1 aromatic carbocycles. The first kappa shape index (κ1) is 11.0. The molecule has 0 unspecified atom stereocenters. The summed E-state index contributed by atoms with van der Waals surface area (Å²) < 4.78 is 4.00. The summed E-state index contributed by atoms with van der Waals surface area (Å²) in [7, 11) is 0. The molecule has 1 nitrogen and oxygen atoms in total. The van der Waals surface area contributed by atoms with Crippen LogP contribution in [-0.2, 0) is 6.54 Å². The van der Waals surface area contributed by atoms with E-state index in [0.717, 1.165) is 6.54 Å². The average molecular weight is 285 g/mol. The molecule has 1 aliphatic heterocycles. The molecule has 0 amide bonds. The van der Waals surface area contributed by atoms with Crippen molar-refractivity contribution in [3.63, 3.8) is 0 Å². The van der Waals surface area contributed by atoms with Crippen molar-refractivity contribution < 1.29 is 4.57 Å². The van der Waals surface area contributed by atoms with E-state index in [9.17, 15) is 0 Å². The van der Waals surface area contributed by atoms with E-state index in [2.05, 4.69) is 64.4 Å². The van der Waals surface area contributed by atoms with Gasteiger partial charge in [0.1, 0.15) is 0 Å². The Kier molecular flexibility index (Phi) is 2.40. The standard InChI is InChI=1S/C15H18GeN/c1-16(2,3)13-8-9-15-14-7-5-4-6-12(14)10-17(15)11-13/h4-9,11H,10H2,1-3H3/q+1. The van der Waals surface area contributed by atoms with E-state index in [-0.39, 0.29) is 0 Å². The van der Waals surface area contributed by atoms with Crippen LogP contribution in [0.25, 0.3) is 11.3 Å². The summed E-state index contributed by atoms with van der Waals surface area (Å²) >= 11 is -1.70. The molecule has 0 atom stereocenters. The van der Waals surface area contributed by atoms with Crippen LogP contribution in [0.1, 0.15) is 5.56 Å². The van der Waals surface area contributed by atoms with Crippen molar-refractivity contribution >= 4 is 17.7 Å². The average Bonchev–Trinajstić information content (AvgIpc) is 2.65. The molecule has 3 rings (SSSR count). The first-order valence-corrected chi connectivity index (χ1v) is 13.5. The van der Waals surface area contributed by atoms with Gasteiger partial charge >= 0.3 is 105 Å². The van der Waals surface area contributed by atoms with Gasteiger partial charge in [-0.1, -0.05) is 0 Å². The van der Waals surface area contributed by atoms with Gasteiger partial charge < -0.3 is 0 Å². The second kappa shape index (κ2) is 3.70. The van der Waals surface area contributed by atoms with Crippen molar-refractivity contribution in [3.05, 3.63) is 48.2 Å². The van der Waals surface area contributed by atoms with Crippen LogP contribution in [-0.4, -0.2) is 13.3 Å². The Balaban J connectivity index is 2.13. The third kappa shape index (κ3) is 1.82. The molecule has 2 heterocycles. The van der Waals surface area contributed by atoms with E-state index in [0.29, 0.717) is 0 Å². The van der Waals surface area contributed by atoms with Crippen molar-refractivity contribution in [2.45, 2.75) is 23.8 Å². The van der Waals surface area contributed by atoms with E-state index in [1.54, 1.807) is 4.40 Å². The van der Waals surface area contributed by atoms with Crippen LogP contribution in [0, 0.1) is 0 Å². The van der Waals surface area contributed by atoms with Gasteiger partial charge in [-0.2, -0.15) is 0 Å². The molecule has 0 N–H and O–H groups in total. The number of pyridine rings is 1. The number of benzene rings is 1. The fraction of sp³-hybridized carbons (Fsp3) is 0.267. The van der Waals surface area contributed by atoms with Gasteiger partial charge in [0.05, 0.1) is 0 Å². The maximum atomic E-state index is 2.45. The molecule has 0 aliphatic carbocycles. The monoisotopic (exact) mass is 286 g/mol. The number of hydrogen-bond donors (Lipinski definition) is 0. The van der Waals surface area contributed by atoms with E-state index in [1.165, 1.54) is 16.8 Å². The van der Waals surface area contributed by atoms with Crippen molar-refractivity contribution in [1.29, 1.82) is 0 Å². The number of rotatable bonds is 1. The van der Waals surface area contributed by atoms with Gasteiger partial charge in [0.15, 0.2) is 0 Å². The SMILES string of the molecule is [CH3][Ge]([CH3])([CH3])[c]1ccc2[n+](c1)Cc1ccccc1-2. The topological polar surface area (TPSA) is 3.88 Å². The Morgan fingerprint density at radius 2 is 1.76 bits per heavy atom. The first-order chi connectivity index (χ1) is 8.05. The molecule has 1 aromatic heterocycles. The van der Waals surface area contributed by atoms with Gasteiger partial charge in [0, 0.05) is 0 Å². The number of nitrogens with zero attached hydrogens (tertiary/aromatic N) is 1. The van der Waals surface area contributed by atoms with Crippen molar-refractivity contribution in [1.82, 2.24) is 0 Å². The van der Waals surface area contributed by atoms with Crippen LogP contribution in [0.2, 0.25) is 17.3 Å². The molecule has 2 aromatic rings. The number of fused-ring (bicyclic) bond motifs is 3. The molecule has 0 fully saturated rings. The Labute approximate surface area is 105 Å². The summed E-state index contributed by atoms with van der Waals surface area (Å²) in [5.74, 6) is 7.35. The molecule has 2 heteroatoms. The summed E-state index contributed by atoms with van der Waals surface area (Å²) in [5, 5.41) is 0. The van der Waals surface area contributed by atoms with Gasteiger partial charge in [-0.25, -0.2) is 0 Å². The zero-order chi connectivity index (χ0) is 12.0. The van der Waals surface area contributed by atoms with Gasteiger partial charge in [0.2, 0.25) is 0 Å². The minimum absolute atomic E-state index is 1.04. The number of aromatic nitrogens is 1. The molecule has 0 bridgehead atoms. The van der Waals surface area contributed by atoms with E-state index >= 15 is 0 Å². The predicted octanol–water partition coefficient (Wildman–Crippen LogP) is 2.55. The summed E-state index contributed by atoms with van der Waals surface area (Å²) in [6, 6.07) is 13.4. The Hall–Kier alpha value is -1.09. The molecule has 0 radical (unpaired) electrons. The van der Waals surface area contributed by atoms with Gasteiger partial charge in [0.25, 0.3) is 0 Å². The van der Waals surface area contributed by atoms with Crippen LogP contribution >= 0.6 is 0 Å². The zero-order valence-electron chi connectivity index (χ0n) is 10.7. The van der Waals surface area contributed by atoms with Crippen LogP contribution in [0.3, 0.4) is 0 Å². The maximum absolute atomic E-state index is 2.45. The van der Waals surface area contributed by atoms with Crippen LogP contribution in [0.15, 0.2) is 42.6 Å². The van der Waals surface area contributed by atoms with Crippen molar-refractivity contribution in [2.75, 3.05) is 0 Å². The van der Waals surface area contributed by atoms with E-state index in [4.69, 9.17) is 0 Å². The normalized spacial score (nSPS) is 13.4. The third-order valence-corrected chi connectivity index (χ3v) is 7.78. The van der Waals surface area contributed by atoms with Crippen LogP contribution < -0.4 is 8.96 Å². The summed E-state index contributed by atoms with van der Waals surface area (Å²) in [6.07, 6.45) is 2.38. The van der Waals surface area contributed by atoms with E-state index in [1.807, 2.05) is 0 Å². The molecule has 0 saturated heterocycles. The molecule has 1 aliphatic rings. The zero-order valence-corrected chi connectivity index (χ0v) is 12.8. The molecule has 86 valence electrons. The molecule has 17 heavy (non-hydrogen) atoms. The summed E-state index contributed by atoms with van der Waals surface area (Å²) in [5.41, 5.74) is 4.22. The van der Waals surface area contributed by atoms with E-state index < -0.39 is 13.3 Å². The Bertz CT molecular complexity index is 582. The van der Waals surface area contributed by atoms with Gasteiger partial charge in [-0.05, 0) is 0 Å². The number of hydrogen-bond acceptors (Lipinski definition) is 0. The van der Waals surface area contributed by atoms with Crippen LogP contribution in [0.4, 0.5) is 0 Å². The fourth-order valence-electron chi connectivity index (χ4n) is 2.46. The molecular weight excluding hydrogens is 267 g/mol. The Morgan fingerprint density at radius 1 is 1.00 bits per heavy atom. The Morgan fingerprint density at radius 3 is 2.53 bits per heavy atom. The second-order valence-electron chi connectivity index (χ2n) is 5.84. The second-order valence-corrected chi connectivity index (χ2v) is 16.5. The van der Waals surface area contributed by atoms with Crippen LogP contribution in [0.5, 0.6) is 0 Å². The van der Waals surface area contributed by atoms with Crippen molar-refractivity contribution in [2.24, 2.45) is 0 Å². The summed E-state index contributed by atoms with van der Waals surface area (Å²) in [4.78, 5) is 0. The molecular formula is C15H18GeN+. The van der Waals surface area contributed by atoms with Crippen molar-refractivity contribution in [3.8, 4) is 11.3 Å². The summed E-state index contributed by atoms with van der Waals surface area (Å²) in [6.45, 7) is 1.04. The van der Waals surface area contributed by atoms with Gasteiger partial charge in [-0.3, -0.25) is 0 Å². The third-order valence-electron chi connectivity index (χ3n) is 3.53. The quantitative estimate of drug-likeness (QED) is 0.478. The first-order valence-electron chi connectivity index (χ1n) is 6.18. The molecule has 0 saturated carbocycles. The predicted molar refractivity (Wildman–Crippen MR) is 74.2 cm³/mol. The minimum atomic E-state index is -1.70. The fourth-order valence-corrected chi connectivity index (χ4v) is 4.82. The molecule has 0 spiro atoms. The van der Waals surface area contributed by atoms with Gasteiger partial charge in [-0.15, -0.1) is 0 Å².